The van der Waals surface area contributed by atoms with Crippen molar-refractivity contribution in [2.75, 3.05) is 20.1 Å². The lowest BCUT2D eigenvalue weighted by atomic mass is 10.1. The molecule has 2 aromatic rings. The van der Waals surface area contributed by atoms with Crippen molar-refractivity contribution in [3.8, 4) is 11.3 Å². The normalized spacial score (nSPS) is 10.4. The molecule has 5 heteroatoms. The Balaban J connectivity index is 0.00000220. The molecule has 3 nitrogen and oxygen atoms in total. The number of hydrogen-bond acceptors (Lipinski definition) is 3. The van der Waals surface area contributed by atoms with Crippen molar-refractivity contribution in [2.24, 2.45) is 0 Å². The van der Waals surface area contributed by atoms with Crippen LogP contribution in [0.3, 0.4) is 0 Å². The standard InChI is InChI=1S/C16H21ClN2O.ClH/c1-12-14(5-3-6-15(12)17)16-8-7-13(20-16)11-19-10-4-9-18-2;/h3,5-8,18-19H,4,9-11H2,1-2H3;1H. The highest BCUT2D eigenvalue weighted by molar-refractivity contribution is 6.31. The Kier molecular flexibility index (Phi) is 7.83. The van der Waals surface area contributed by atoms with Crippen LogP contribution < -0.4 is 10.6 Å². The first-order valence-corrected chi connectivity index (χ1v) is 7.29. The molecule has 0 atom stereocenters. The summed E-state index contributed by atoms with van der Waals surface area (Å²) in [6.07, 6.45) is 1.11. The summed E-state index contributed by atoms with van der Waals surface area (Å²) in [6.45, 7) is 4.77. The average molecular weight is 329 g/mol. The molecule has 0 radical (unpaired) electrons. The minimum Gasteiger partial charge on any atom is -0.460 e. The van der Waals surface area contributed by atoms with Crippen LogP contribution in [0.2, 0.25) is 5.02 Å². The van der Waals surface area contributed by atoms with Gasteiger partial charge in [-0.15, -0.1) is 12.4 Å². The molecule has 0 unspecified atom stereocenters. The summed E-state index contributed by atoms with van der Waals surface area (Å²) in [6, 6.07) is 9.89. The molecule has 1 aromatic heterocycles. The molecular weight excluding hydrogens is 307 g/mol. The third kappa shape index (κ3) is 5.04. The summed E-state index contributed by atoms with van der Waals surface area (Å²) in [5.74, 6) is 1.82. The van der Waals surface area contributed by atoms with Gasteiger partial charge in [-0.2, -0.15) is 0 Å². The van der Waals surface area contributed by atoms with Crippen LogP contribution >= 0.6 is 24.0 Å². The van der Waals surface area contributed by atoms with E-state index in [4.69, 9.17) is 16.0 Å². The molecule has 2 N–H and O–H groups in total. The highest BCUT2D eigenvalue weighted by atomic mass is 35.5. The van der Waals surface area contributed by atoms with E-state index in [-0.39, 0.29) is 12.4 Å². The fraction of sp³-hybridized carbons (Fsp3) is 0.375. The number of rotatable bonds is 7. The van der Waals surface area contributed by atoms with Gasteiger partial charge in [-0.3, -0.25) is 0 Å². The van der Waals surface area contributed by atoms with Crippen molar-refractivity contribution in [1.82, 2.24) is 10.6 Å². The first-order valence-electron chi connectivity index (χ1n) is 6.92. The summed E-state index contributed by atoms with van der Waals surface area (Å²) in [5, 5.41) is 7.26. The lowest BCUT2D eigenvalue weighted by Crippen LogP contribution is -2.19. The molecule has 0 aliphatic heterocycles. The molecule has 0 aliphatic rings. The highest BCUT2D eigenvalue weighted by Gasteiger charge is 2.09. The molecule has 0 bridgehead atoms. The van der Waals surface area contributed by atoms with Crippen molar-refractivity contribution in [3.05, 3.63) is 46.7 Å². The van der Waals surface area contributed by atoms with Crippen LogP contribution in [0.5, 0.6) is 0 Å². The number of hydrogen-bond donors (Lipinski definition) is 2. The maximum Gasteiger partial charge on any atom is 0.134 e. The maximum atomic E-state index is 6.14. The first kappa shape index (κ1) is 18.1. The van der Waals surface area contributed by atoms with E-state index in [9.17, 15) is 0 Å². The zero-order chi connectivity index (χ0) is 14.4. The van der Waals surface area contributed by atoms with Crippen molar-refractivity contribution in [3.63, 3.8) is 0 Å². The summed E-state index contributed by atoms with van der Waals surface area (Å²) < 4.78 is 5.88. The van der Waals surface area contributed by atoms with Gasteiger partial charge in [0.2, 0.25) is 0 Å². The predicted octanol–water partition coefficient (Wildman–Crippen LogP) is 4.03. The van der Waals surface area contributed by atoms with E-state index >= 15 is 0 Å². The Morgan fingerprint density at radius 3 is 2.71 bits per heavy atom. The number of benzene rings is 1. The second-order valence-electron chi connectivity index (χ2n) is 4.81. The fourth-order valence-corrected chi connectivity index (χ4v) is 2.27. The molecular formula is C16H22Cl2N2O. The van der Waals surface area contributed by atoms with Crippen molar-refractivity contribution in [1.29, 1.82) is 0 Å². The molecule has 116 valence electrons. The molecule has 0 saturated carbocycles. The third-order valence-corrected chi connectivity index (χ3v) is 3.68. The van der Waals surface area contributed by atoms with E-state index in [0.29, 0.717) is 0 Å². The minimum absolute atomic E-state index is 0. The molecule has 1 aromatic carbocycles. The quantitative estimate of drug-likeness (QED) is 0.753. The van der Waals surface area contributed by atoms with E-state index in [2.05, 4.69) is 10.6 Å². The van der Waals surface area contributed by atoms with Crippen LogP contribution in [0.1, 0.15) is 17.7 Å². The van der Waals surface area contributed by atoms with Crippen LogP contribution in [-0.4, -0.2) is 20.1 Å². The second kappa shape index (κ2) is 9.11. The molecule has 1 heterocycles. The van der Waals surface area contributed by atoms with Gasteiger partial charge in [0.05, 0.1) is 6.54 Å². The first-order chi connectivity index (χ1) is 9.72. The van der Waals surface area contributed by atoms with Gasteiger partial charge in [-0.25, -0.2) is 0 Å². The Bertz CT molecular complexity index is 555. The van der Waals surface area contributed by atoms with E-state index in [1.54, 1.807) is 0 Å². The third-order valence-electron chi connectivity index (χ3n) is 3.27. The largest absolute Gasteiger partial charge is 0.460 e. The van der Waals surface area contributed by atoms with Crippen LogP contribution in [0.4, 0.5) is 0 Å². The van der Waals surface area contributed by atoms with Crippen LogP contribution in [0.25, 0.3) is 11.3 Å². The molecule has 2 rings (SSSR count). The van der Waals surface area contributed by atoms with E-state index in [1.807, 2.05) is 44.3 Å². The lowest BCUT2D eigenvalue weighted by Gasteiger charge is -2.05. The molecule has 0 amide bonds. The fourth-order valence-electron chi connectivity index (χ4n) is 2.09. The van der Waals surface area contributed by atoms with Gasteiger partial charge in [0, 0.05) is 10.6 Å². The number of halogens is 2. The van der Waals surface area contributed by atoms with Crippen molar-refractivity contribution >= 4 is 24.0 Å². The summed E-state index contributed by atoms with van der Waals surface area (Å²) in [7, 11) is 1.96. The van der Waals surface area contributed by atoms with Crippen molar-refractivity contribution in [2.45, 2.75) is 19.9 Å². The number of nitrogens with one attached hydrogen (secondary N) is 2. The van der Waals surface area contributed by atoms with Gasteiger partial charge in [-0.05, 0) is 57.2 Å². The summed E-state index contributed by atoms with van der Waals surface area (Å²) in [5.41, 5.74) is 2.11. The Hall–Kier alpha value is -1.000. The van der Waals surface area contributed by atoms with Crippen molar-refractivity contribution < 1.29 is 4.42 Å². The summed E-state index contributed by atoms with van der Waals surface area (Å²) in [4.78, 5) is 0. The molecule has 0 aliphatic carbocycles. The van der Waals surface area contributed by atoms with E-state index in [0.717, 1.165) is 53.7 Å². The van der Waals surface area contributed by atoms with Crippen LogP contribution in [-0.2, 0) is 6.54 Å². The highest BCUT2D eigenvalue weighted by Crippen LogP contribution is 2.29. The Morgan fingerprint density at radius 2 is 1.95 bits per heavy atom. The molecule has 21 heavy (non-hydrogen) atoms. The monoisotopic (exact) mass is 328 g/mol. The molecule has 0 spiro atoms. The summed E-state index contributed by atoms with van der Waals surface area (Å²) >= 11 is 6.14. The Labute approximate surface area is 137 Å². The molecule has 0 fully saturated rings. The minimum atomic E-state index is 0. The van der Waals surface area contributed by atoms with Crippen LogP contribution in [0.15, 0.2) is 34.7 Å². The predicted molar refractivity (Wildman–Crippen MR) is 91.4 cm³/mol. The smallest absolute Gasteiger partial charge is 0.134 e. The van der Waals surface area contributed by atoms with Gasteiger partial charge in [0.25, 0.3) is 0 Å². The van der Waals surface area contributed by atoms with Gasteiger partial charge in [0.1, 0.15) is 11.5 Å². The topological polar surface area (TPSA) is 37.2 Å². The second-order valence-corrected chi connectivity index (χ2v) is 5.22. The zero-order valence-electron chi connectivity index (χ0n) is 12.4. The maximum absolute atomic E-state index is 6.14. The van der Waals surface area contributed by atoms with Gasteiger partial charge in [0.15, 0.2) is 0 Å². The van der Waals surface area contributed by atoms with E-state index < -0.39 is 0 Å². The Morgan fingerprint density at radius 1 is 1.14 bits per heavy atom. The van der Waals surface area contributed by atoms with Gasteiger partial charge >= 0.3 is 0 Å². The number of furan rings is 1. The van der Waals surface area contributed by atoms with E-state index in [1.165, 1.54) is 0 Å². The molecule has 0 saturated heterocycles. The van der Waals surface area contributed by atoms with Crippen LogP contribution in [0, 0.1) is 6.92 Å². The van der Waals surface area contributed by atoms with Gasteiger partial charge in [-0.1, -0.05) is 23.7 Å². The van der Waals surface area contributed by atoms with Gasteiger partial charge < -0.3 is 15.1 Å². The lowest BCUT2D eigenvalue weighted by molar-refractivity contribution is 0.489. The zero-order valence-corrected chi connectivity index (χ0v) is 14.0. The SMILES string of the molecule is CNCCCNCc1ccc(-c2cccc(Cl)c2C)o1.Cl. The average Bonchev–Trinajstić information content (AvgIpc) is 2.90.